The van der Waals surface area contributed by atoms with Gasteiger partial charge in [0, 0.05) is 7.05 Å². The fraction of sp³-hybridized carbons (Fsp3) is 0.364. The van der Waals surface area contributed by atoms with Crippen LogP contribution in [0.2, 0.25) is 0 Å². The largest absolute Gasteiger partial charge is 0.489 e. The first-order valence-electron chi connectivity index (χ1n) is 5.35. The van der Waals surface area contributed by atoms with Gasteiger partial charge < -0.3 is 9.64 Å². The maximum atomic E-state index is 12.5. The minimum absolute atomic E-state index is 0.0848. The number of halogens is 3. The molecule has 1 aliphatic heterocycles. The molecule has 0 aliphatic carbocycles. The fourth-order valence-electron chi connectivity index (χ4n) is 1.47. The molecule has 0 amide bonds. The molecule has 1 atom stereocenters. The minimum atomic E-state index is -4.38. The van der Waals surface area contributed by atoms with Gasteiger partial charge in [-0.3, -0.25) is 0 Å². The molecule has 0 saturated carbocycles. The van der Waals surface area contributed by atoms with E-state index in [9.17, 15) is 13.2 Å². The monoisotopic (exact) mass is 289 g/mol. The third kappa shape index (κ3) is 3.19. The predicted octanol–water partition coefficient (Wildman–Crippen LogP) is 3.09. The molecule has 1 aliphatic rings. The predicted molar refractivity (Wildman–Crippen MR) is 65.9 cm³/mol. The van der Waals surface area contributed by atoms with Gasteiger partial charge in [0.05, 0.1) is 5.56 Å². The Morgan fingerprint density at radius 3 is 2.74 bits per heavy atom. The molecular weight excluding hydrogens is 279 g/mol. The van der Waals surface area contributed by atoms with Crippen LogP contribution in [0.3, 0.4) is 0 Å². The van der Waals surface area contributed by atoms with Crippen LogP contribution in [0.1, 0.15) is 5.56 Å². The summed E-state index contributed by atoms with van der Waals surface area (Å²) in [6.45, 7) is 0.0848. The van der Waals surface area contributed by atoms with Gasteiger partial charge in [0.15, 0.2) is 6.17 Å². The first-order valence-corrected chi connectivity index (χ1v) is 5.76. The Morgan fingerprint density at radius 1 is 1.42 bits per heavy atom. The molecule has 0 fully saturated rings. The van der Waals surface area contributed by atoms with Gasteiger partial charge in [0.25, 0.3) is 0 Å². The van der Waals surface area contributed by atoms with E-state index in [0.717, 1.165) is 12.1 Å². The van der Waals surface area contributed by atoms with Crippen molar-refractivity contribution in [3.63, 3.8) is 0 Å². The average Bonchev–Trinajstić information content (AvgIpc) is 2.67. The Labute approximate surface area is 112 Å². The number of nitrogens with zero attached hydrogens (tertiary/aromatic N) is 3. The molecule has 0 aromatic heterocycles. The highest BCUT2D eigenvalue weighted by Crippen LogP contribution is 2.31. The summed E-state index contributed by atoms with van der Waals surface area (Å²) in [6.07, 6.45) is -4.79. The van der Waals surface area contributed by atoms with E-state index in [1.54, 1.807) is 11.9 Å². The van der Waals surface area contributed by atoms with Gasteiger partial charge in [0.1, 0.15) is 12.4 Å². The van der Waals surface area contributed by atoms with E-state index < -0.39 is 17.9 Å². The van der Waals surface area contributed by atoms with Crippen LogP contribution in [0.15, 0.2) is 34.5 Å². The van der Waals surface area contributed by atoms with E-state index in [1.807, 2.05) is 0 Å². The van der Waals surface area contributed by atoms with Crippen LogP contribution in [0, 0.1) is 0 Å². The first kappa shape index (κ1) is 13.7. The first-order chi connectivity index (χ1) is 8.88. The zero-order valence-electron chi connectivity index (χ0n) is 9.89. The molecule has 0 saturated heterocycles. The van der Waals surface area contributed by atoms with E-state index >= 15 is 0 Å². The molecule has 102 valence electrons. The maximum Gasteiger partial charge on any atom is 0.416 e. The van der Waals surface area contributed by atoms with Crippen LogP contribution in [-0.2, 0) is 6.18 Å². The van der Waals surface area contributed by atoms with Crippen molar-refractivity contribution in [2.75, 3.05) is 13.7 Å². The second-order valence-electron chi connectivity index (χ2n) is 3.93. The summed E-state index contributed by atoms with van der Waals surface area (Å²) in [5, 5.41) is 7.87. The Balaban J connectivity index is 2.01. The number of hydrogen-bond acceptors (Lipinski definition) is 3. The van der Waals surface area contributed by atoms with Crippen molar-refractivity contribution in [2.45, 2.75) is 12.3 Å². The lowest BCUT2D eigenvalue weighted by Crippen LogP contribution is -2.33. The summed E-state index contributed by atoms with van der Waals surface area (Å²) in [7, 11) is 1.70. The van der Waals surface area contributed by atoms with Crippen molar-refractivity contribution >= 4 is 17.3 Å². The quantitative estimate of drug-likeness (QED) is 0.802. The second kappa shape index (κ2) is 5.12. The van der Waals surface area contributed by atoms with Gasteiger partial charge in [-0.15, -0.1) is 5.11 Å². The summed E-state index contributed by atoms with van der Waals surface area (Å²) >= 11 is 4.88. The molecule has 2 rings (SSSR count). The molecule has 0 N–H and O–H groups in total. The zero-order chi connectivity index (χ0) is 14.0. The van der Waals surface area contributed by atoms with Crippen LogP contribution in [0.5, 0.6) is 5.75 Å². The van der Waals surface area contributed by atoms with Gasteiger partial charge in [-0.05, 0) is 30.4 Å². The van der Waals surface area contributed by atoms with E-state index in [-0.39, 0.29) is 12.4 Å². The number of rotatable bonds is 3. The normalized spacial score (nSPS) is 19.1. The van der Waals surface area contributed by atoms with Crippen LogP contribution in [-0.4, -0.2) is 29.8 Å². The molecule has 0 spiro atoms. The van der Waals surface area contributed by atoms with Gasteiger partial charge in [-0.1, -0.05) is 6.07 Å². The molecule has 0 bridgehead atoms. The Hall–Kier alpha value is -1.70. The summed E-state index contributed by atoms with van der Waals surface area (Å²) in [4.78, 5) is 1.61. The number of benzene rings is 1. The molecular formula is C11H10F3N3OS. The number of hydrogen-bond donors (Lipinski definition) is 0. The van der Waals surface area contributed by atoms with Crippen LogP contribution < -0.4 is 4.74 Å². The molecule has 1 aromatic carbocycles. The molecule has 4 nitrogen and oxygen atoms in total. The van der Waals surface area contributed by atoms with Crippen molar-refractivity contribution < 1.29 is 17.9 Å². The summed E-state index contributed by atoms with van der Waals surface area (Å²) < 4.78 is 42.8. The van der Waals surface area contributed by atoms with Crippen LogP contribution >= 0.6 is 12.2 Å². The van der Waals surface area contributed by atoms with E-state index in [1.165, 1.54) is 12.1 Å². The number of likely N-dealkylation sites (N-methyl/N-ethyl adjacent to an activating group) is 1. The van der Waals surface area contributed by atoms with Crippen molar-refractivity contribution in [2.24, 2.45) is 10.2 Å². The van der Waals surface area contributed by atoms with E-state index in [0.29, 0.717) is 5.11 Å². The third-order valence-corrected chi connectivity index (χ3v) is 2.96. The lowest BCUT2D eigenvalue weighted by Gasteiger charge is -2.18. The van der Waals surface area contributed by atoms with Crippen molar-refractivity contribution in [1.82, 2.24) is 4.90 Å². The maximum absolute atomic E-state index is 12.5. The Kier molecular flexibility index (Phi) is 3.70. The van der Waals surface area contributed by atoms with Crippen molar-refractivity contribution in [3.8, 4) is 5.75 Å². The topological polar surface area (TPSA) is 37.2 Å². The molecule has 0 radical (unpaired) electrons. The van der Waals surface area contributed by atoms with Crippen molar-refractivity contribution in [3.05, 3.63) is 29.8 Å². The minimum Gasteiger partial charge on any atom is -0.489 e. The fourth-order valence-corrected chi connectivity index (χ4v) is 1.64. The number of ether oxygens (including phenoxy) is 1. The average molecular weight is 289 g/mol. The van der Waals surface area contributed by atoms with E-state index in [2.05, 4.69) is 10.2 Å². The van der Waals surface area contributed by atoms with Gasteiger partial charge in [0.2, 0.25) is 5.11 Å². The number of azo groups is 1. The summed E-state index contributed by atoms with van der Waals surface area (Å²) in [5.74, 6) is 0.135. The molecule has 19 heavy (non-hydrogen) atoms. The van der Waals surface area contributed by atoms with Crippen molar-refractivity contribution in [1.29, 1.82) is 0 Å². The molecule has 1 unspecified atom stereocenters. The molecule has 1 aromatic rings. The molecule has 8 heteroatoms. The smallest absolute Gasteiger partial charge is 0.416 e. The SMILES string of the molecule is CN1C(=S)N=NC1COc1cccc(C(F)(F)F)c1. The summed E-state index contributed by atoms with van der Waals surface area (Å²) in [5.41, 5.74) is -0.748. The van der Waals surface area contributed by atoms with Crippen LogP contribution in [0.4, 0.5) is 13.2 Å². The number of thiocarbonyl (C=S) groups is 1. The lowest BCUT2D eigenvalue weighted by atomic mass is 10.2. The van der Waals surface area contributed by atoms with Crippen LogP contribution in [0.25, 0.3) is 0 Å². The Morgan fingerprint density at radius 2 is 2.16 bits per heavy atom. The number of alkyl halides is 3. The highest BCUT2D eigenvalue weighted by molar-refractivity contribution is 7.80. The van der Waals surface area contributed by atoms with Gasteiger partial charge in [-0.25, -0.2) is 0 Å². The second-order valence-corrected chi connectivity index (χ2v) is 4.29. The third-order valence-electron chi connectivity index (χ3n) is 2.59. The summed E-state index contributed by atoms with van der Waals surface area (Å²) in [6, 6.07) is 4.69. The lowest BCUT2D eigenvalue weighted by molar-refractivity contribution is -0.137. The highest BCUT2D eigenvalue weighted by atomic mass is 32.1. The highest BCUT2D eigenvalue weighted by Gasteiger charge is 2.30. The van der Waals surface area contributed by atoms with Gasteiger partial charge >= 0.3 is 6.18 Å². The van der Waals surface area contributed by atoms with E-state index in [4.69, 9.17) is 17.0 Å². The van der Waals surface area contributed by atoms with Gasteiger partial charge in [-0.2, -0.15) is 18.3 Å². The Bertz CT molecular complexity index is 518. The molecule has 1 heterocycles. The zero-order valence-corrected chi connectivity index (χ0v) is 10.7. The standard InChI is InChI=1S/C11H10F3N3OS/c1-17-9(15-16-10(17)19)6-18-8-4-2-3-7(5-8)11(12,13)14/h2-5,9H,6H2,1H3.